The Hall–Kier alpha value is -1.22. The largest absolute Gasteiger partial charge is 0.495 e. The average molecular weight is 530 g/mol. The normalized spacial score (nSPS) is 20.6. The van der Waals surface area contributed by atoms with E-state index in [9.17, 15) is 0 Å². The zero-order valence-electron chi connectivity index (χ0n) is 19.1. The molecule has 2 N–H and O–H groups in total. The molecule has 7 heteroatoms. The second kappa shape index (κ2) is 12.0. The molecule has 2 fully saturated rings. The summed E-state index contributed by atoms with van der Waals surface area (Å²) in [6.45, 7) is 11.1. The van der Waals surface area contributed by atoms with E-state index in [1.165, 1.54) is 44.5 Å². The van der Waals surface area contributed by atoms with Crippen LogP contribution in [0.1, 0.15) is 39.5 Å². The van der Waals surface area contributed by atoms with Gasteiger partial charge >= 0.3 is 0 Å². The predicted molar refractivity (Wildman–Crippen MR) is 138 cm³/mol. The number of nitrogens with one attached hydrogen (secondary N) is 2. The van der Waals surface area contributed by atoms with Crippen molar-refractivity contribution in [3.05, 3.63) is 24.3 Å². The number of hydrogen-bond donors (Lipinski definition) is 2. The van der Waals surface area contributed by atoms with Crippen molar-refractivity contribution < 1.29 is 4.74 Å². The number of piperidine rings is 1. The van der Waals surface area contributed by atoms with Gasteiger partial charge in [0.15, 0.2) is 5.96 Å². The zero-order chi connectivity index (χ0) is 20.7. The monoisotopic (exact) mass is 529 g/mol. The quantitative estimate of drug-likeness (QED) is 0.322. The highest BCUT2D eigenvalue weighted by molar-refractivity contribution is 14.0. The number of para-hydroxylation sites is 2. The Morgan fingerprint density at radius 1 is 1.13 bits per heavy atom. The fraction of sp³-hybridized carbons (Fsp3) is 0.696. The Balaban J connectivity index is 0.00000320. The van der Waals surface area contributed by atoms with Crippen LogP contribution in [0.4, 0.5) is 5.69 Å². The molecule has 1 aromatic carbocycles. The van der Waals surface area contributed by atoms with Crippen molar-refractivity contribution in [2.75, 3.05) is 58.3 Å². The summed E-state index contributed by atoms with van der Waals surface area (Å²) in [5.74, 6) is 2.47. The van der Waals surface area contributed by atoms with Crippen LogP contribution in [0.25, 0.3) is 0 Å². The minimum Gasteiger partial charge on any atom is -0.495 e. The van der Waals surface area contributed by atoms with E-state index in [0.29, 0.717) is 5.92 Å². The third-order valence-electron chi connectivity index (χ3n) is 6.39. The number of nitrogens with zero attached hydrogens (tertiary/aromatic N) is 3. The van der Waals surface area contributed by atoms with Crippen LogP contribution in [0.3, 0.4) is 0 Å². The number of methoxy groups -OCH3 is 1. The summed E-state index contributed by atoms with van der Waals surface area (Å²) >= 11 is 0. The van der Waals surface area contributed by atoms with E-state index in [1.807, 2.05) is 19.2 Å². The Labute approximate surface area is 199 Å². The molecule has 1 unspecified atom stereocenters. The number of benzene rings is 1. The lowest BCUT2D eigenvalue weighted by molar-refractivity contribution is 0.0982. The van der Waals surface area contributed by atoms with Gasteiger partial charge in [-0.15, -0.1) is 24.0 Å². The molecule has 0 bridgehead atoms. The van der Waals surface area contributed by atoms with Gasteiger partial charge in [0.2, 0.25) is 0 Å². The molecule has 2 heterocycles. The van der Waals surface area contributed by atoms with Crippen LogP contribution in [0.15, 0.2) is 29.3 Å². The van der Waals surface area contributed by atoms with Gasteiger partial charge in [0, 0.05) is 38.8 Å². The lowest BCUT2D eigenvalue weighted by atomic mass is 9.98. The summed E-state index contributed by atoms with van der Waals surface area (Å²) in [6.07, 6.45) is 5.19. The molecule has 0 radical (unpaired) electrons. The fourth-order valence-electron chi connectivity index (χ4n) is 4.48. The first-order valence-corrected chi connectivity index (χ1v) is 11.1. The molecule has 2 aliphatic heterocycles. The summed E-state index contributed by atoms with van der Waals surface area (Å²) < 4.78 is 5.53. The van der Waals surface area contributed by atoms with Crippen LogP contribution < -0.4 is 20.3 Å². The maximum absolute atomic E-state index is 5.53. The highest BCUT2D eigenvalue weighted by Crippen LogP contribution is 2.31. The molecule has 0 aromatic heterocycles. The van der Waals surface area contributed by atoms with Gasteiger partial charge in [-0.25, -0.2) is 0 Å². The van der Waals surface area contributed by atoms with Crippen molar-refractivity contribution in [2.24, 2.45) is 10.9 Å². The SMILES string of the molecule is CN=C(NCC1CCN(c2ccccc2OC)C1)NCC(C)(C)N1CCCCC1.I. The Morgan fingerprint density at radius 3 is 2.57 bits per heavy atom. The fourth-order valence-corrected chi connectivity index (χ4v) is 4.48. The third kappa shape index (κ3) is 6.64. The maximum Gasteiger partial charge on any atom is 0.191 e. The molecule has 2 saturated heterocycles. The van der Waals surface area contributed by atoms with Crippen molar-refractivity contribution in [3.63, 3.8) is 0 Å². The minimum absolute atomic E-state index is 0. The summed E-state index contributed by atoms with van der Waals surface area (Å²) in [4.78, 5) is 9.49. The summed E-state index contributed by atoms with van der Waals surface area (Å²) in [6, 6.07) is 8.30. The molecule has 1 atom stereocenters. The number of anilines is 1. The highest BCUT2D eigenvalue weighted by atomic mass is 127. The zero-order valence-corrected chi connectivity index (χ0v) is 21.4. The van der Waals surface area contributed by atoms with Gasteiger partial charge in [0.05, 0.1) is 12.8 Å². The average Bonchev–Trinajstić information content (AvgIpc) is 3.23. The molecule has 0 saturated carbocycles. The van der Waals surface area contributed by atoms with Gasteiger partial charge in [-0.05, 0) is 64.3 Å². The van der Waals surface area contributed by atoms with Crippen LogP contribution in [0, 0.1) is 5.92 Å². The molecule has 3 rings (SSSR count). The van der Waals surface area contributed by atoms with Gasteiger partial charge in [-0.1, -0.05) is 18.6 Å². The van der Waals surface area contributed by atoms with E-state index in [4.69, 9.17) is 4.74 Å². The lowest BCUT2D eigenvalue weighted by Crippen LogP contribution is -2.55. The maximum atomic E-state index is 5.53. The second-order valence-electron chi connectivity index (χ2n) is 8.94. The first-order chi connectivity index (χ1) is 14.0. The summed E-state index contributed by atoms with van der Waals surface area (Å²) in [5, 5.41) is 7.11. The number of rotatable bonds is 7. The number of halogens is 1. The van der Waals surface area contributed by atoms with E-state index >= 15 is 0 Å². The molecular weight excluding hydrogens is 489 g/mol. The van der Waals surface area contributed by atoms with Gasteiger partial charge in [-0.3, -0.25) is 9.89 Å². The van der Waals surface area contributed by atoms with Gasteiger partial charge in [0.1, 0.15) is 5.75 Å². The van der Waals surface area contributed by atoms with Crippen LogP contribution in [0.5, 0.6) is 5.75 Å². The Morgan fingerprint density at radius 2 is 1.87 bits per heavy atom. The van der Waals surface area contributed by atoms with E-state index in [2.05, 4.69) is 51.4 Å². The Bertz CT molecular complexity index is 675. The molecule has 0 aliphatic carbocycles. The second-order valence-corrected chi connectivity index (χ2v) is 8.94. The molecule has 2 aliphatic rings. The van der Waals surface area contributed by atoms with E-state index in [1.54, 1.807) is 7.11 Å². The van der Waals surface area contributed by atoms with Gasteiger partial charge in [0.25, 0.3) is 0 Å². The minimum atomic E-state index is 0. The van der Waals surface area contributed by atoms with Crippen molar-refractivity contribution >= 4 is 35.6 Å². The number of aliphatic imine (C=N–C) groups is 1. The smallest absolute Gasteiger partial charge is 0.191 e. The first kappa shape index (κ1) is 25.0. The Kier molecular flexibility index (Phi) is 10.0. The van der Waals surface area contributed by atoms with Crippen LogP contribution >= 0.6 is 24.0 Å². The van der Waals surface area contributed by atoms with Crippen LogP contribution in [-0.4, -0.2) is 69.8 Å². The van der Waals surface area contributed by atoms with Crippen LogP contribution in [-0.2, 0) is 0 Å². The number of likely N-dealkylation sites (tertiary alicyclic amines) is 1. The molecule has 1 aromatic rings. The van der Waals surface area contributed by atoms with Crippen molar-refractivity contribution in [1.82, 2.24) is 15.5 Å². The summed E-state index contributed by atoms with van der Waals surface area (Å²) in [5.41, 5.74) is 1.34. The predicted octanol–water partition coefficient (Wildman–Crippen LogP) is 3.57. The third-order valence-corrected chi connectivity index (χ3v) is 6.39. The number of hydrogen-bond acceptors (Lipinski definition) is 4. The molecule has 170 valence electrons. The highest BCUT2D eigenvalue weighted by Gasteiger charge is 2.28. The topological polar surface area (TPSA) is 52.1 Å². The number of guanidine groups is 1. The van der Waals surface area contributed by atoms with E-state index in [-0.39, 0.29) is 29.5 Å². The standard InChI is InChI=1S/C23H39N5O.HI/c1-23(2,28-13-8-5-9-14-28)18-26-22(24-3)25-16-19-12-15-27(17-19)20-10-6-7-11-21(20)29-4;/h6-7,10-11,19H,5,8-9,12-18H2,1-4H3,(H2,24,25,26);1H. The number of ether oxygens (including phenoxy) is 1. The summed E-state index contributed by atoms with van der Waals surface area (Å²) in [7, 11) is 3.61. The van der Waals surface area contributed by atoms with Crippen molar-refractivity contribution in [2.45, 2.75) is 45.1 Å². The van der Waals surface area contributed by atoms with E-state index in [0.717, 1.165) is 37.9 Å². The first-order valence-electron chi connectivity index (χ1n) is 11.1. The van der Waals surface area contributed by atoms with Crippen molar-refractivity contribution in [1.29, 1.82) is 0 Å². The molecule has 6 nitrogen and oxygen atoms in total. The van der Waals surface area contributed by atoms with Crippen LogP contribution in [0.2, 0.25) is 0 Å². The van der Waals surface area contributed by atoms with E-state index < -0.39 is 0 Å². The molecule has 30 heavy (non-hydrogen) atoms. The lowest BCUT2D eigenvalue weighted by Gasteiger charge is -2.41. The molecular formula is C23H40IN5O. The van der Waals surface area contributed by atoms with Gasteiger partial charge in [-0.2, -0.15) is 0 Å². The van der Waals surface area contributed by atoms with Gasteiger partial charge < -0.3 is 20.3 Å². The van der Waals surface area contributed by atoms with Crippen molar-refractivity contribution in [3.8, 4) is 5.75 Å². The molecule has 0 spiro atoms. The molecule has 0 amide bonds.